The molecular formula is C20H22F2N3O2S+. The van der Waals surface area contributed by atoms with Gasteiger partial charge in [-0.05, 0) is 36.4 Å². The molecule has 2 atom stereocenters. The Bertz CT molecular complexity index is 897. The Kier molecular flexibility index (Phi) is 5.41. The summed E-state index contributed by atoms with van der Waals surface area (Å²) in [6, 6.07) is 5.69. The minimum atomic E-state index is -1.03. The summed E-state index contributed by atoms with van der Waals surface area (Å²) in [5.74, 6) is -2.02. The van der Waals surface area contributed by atoms with Crippen molar-refractivity contribution in [1.29, 1.82) is 0 Å². The summed E-state index contributed by atoms with van der Waals surface area (Å²) in [4.78, 5) is 27.0. The smallest absolute Gasteiger partial charge is 0.275 e. The molecule has 2 aliphatic rings. The van der Waals surface area contributed by atoms with E-state index in [0.717, 1.165) is 25.1 Å². The van der Waals surface area contributed by atoms with Gasteiger partial charge in [-0.1, -0.05) is 0 Å². The highest BCUT2D eigenvalue weighted by Crippen LogP contribution is 2.42. The quantitative estimate of drug-likeness (QED) is 0.684. The molecule has 3 N–H and O–H groups in total. The molecule has 5 nitrogen and oxygen atoms in total. The number of hydrogen-bond donors (Lipinski definition) is 3. The van der Waals surface area contributed by atoms with Gasteiger partial charge in [0.15, 0.2) is 18.2 Å². The summed E-state index contributed by atoms with van der Waals surface area (Å²) in [6.07, 6.45) is 3.40. The van der Waals surface area contributed by atoms with Crippen molar-refractivity contribution in [3.05, 3.63) is 51.7 Å². The second-order valence-corrected chi connectivity index (χ2v) is 8.40. The summed E-state index contributed by atoms with van der Waals surface area (Å²) in [7, 11) is 0. The number of benzene rings is 1. The Labute approximate surface area is 165 Å². The molecule has 1 saturated carbocycles. The molecule has 0 saturated heterocycles. The lowest BCUT2D eigenvalue weighted by Gasteiger charge is -2.32. The van der Waals surface area contributed by atoms with Crippen LogP contribution in [0.2, 0.25) is 0 Å². The van der Waals surface area contributed by atoms with Crippen LogP contribution >= 0.6 is 11.3 Å². The van der Waals surface area contributed by atoms with Crippen molar-refractivity contribution in [2.24, 2.45) is 5.92 Å². The molecule has 1 unspecified atom stereocenters. The van der Waals surface area contributed by atoms with E-state index in [9.17, 15) is 18.4 Å². The third-order valence-corrected chi connectivity index (χ3v) is 6.35. The maximum absolute atomic E-state index is 13.2. The van der Waals surface area contributed by atoms with E-state index in [1.165, 1.54) is 34.2 Å². The number of carbonyl (C=O) groups excluding carboxylic acids is 2. The van der Waals surface area contributed by atoms with Gasteiger partial charge in [0, 0.05) is 34.5 Å². The molecule has 28 heavy (non-hydrogen) atoms. The van der Waals surface area contributed by atoms with E-state index in [1.807, 2.05) is 0 Å². The maximum atomic E-state index is 13.2. The van der Waals surface area contributed by atoms with Crippen LogP contribution in [0.3, 0.4) is 0 Å². The van der Waals surface area contributed by atoms with Gasteiger partial charge in [0.2, 0.25) is 5.91 Å². The largest absolute Gasteiger partial charge is 0.342 e. The fraction of sp³-hybridized carbons (Fsp3) is 0.400. The SMILES string of the molecule is O=C(C[NH+]1CCc2sccc2[C@H]1C1CC1)NCC(=O)Nc1ccc(F)c(F)c1. The van der Waals surface area contributed by atoms with Crippen LogP contribution in [0.5, 0.6) is 0 Å². The van der Waals surface area contributed by atoms with Gasteiger partial charge < -0.3 is 15.5 Å². The Morgan fingerprint density at radius 3 is 2.71 bits per heavy atom. The summed E-state index contributed by atoms with van der Waals surface area (Å²) in [5.41, 5.74) is 1.54. The fourth-order valence-electron chi connectivity index (χ4n) is 3.92. The first kappa shape index (κ1) is 19.0. The predicted octanol–water partition coefficient (Wildman–Crippen LogP) is 1.67. The summed E-state index contributed by atoms with van der Waals surface area (Å²) >= 11 is 1.80. The van der Waals surface area contributed by atoms with Crippen molar-refractivity contribution in [3.63, 3.8) is 0 Å². The predicted molar refractivity (Wildman–Crippen MR) is 102 cm³/mol. The van der Waals surface area contributed by atoms with Gasteiger partial charge in [-0.25, -0.2) is 8.78 Å². The molecule has 4 rings (SSSR count). The summed E-state index contributed by atoms with van der Waals surface area (Å²) in [6.45, 7) is 1.04. The van der Waals surface area contributed by atoms with Gasteiger partial charge in [0.05, 0.1) is 13.1 Å². The van der Waals surface area contributed by atoms with E-state index in [4.69, 9.17) is 0 Å². The van der Waals surface area contributed by atoms with E-state index in [-0.39, 0.29) is 18.1 Å². The average Bonchev–Trinajstić information content (AvgIpc) is 3.39. The molecule has 2 amide bonds. The monoisotopic (exact) mass is 406 g/mol. The second kappa shape index (κ2) is 7.97. The van der Waals surface area contributed by atoms with E-state index in [0.29, 0.717) is 18.5 Å². The maximum Gasteiger partial charge on any atom is 0.275 e. The van der Waals surface area contributed by atoms with E-state index in [2.05, 4.69) is 22.1 Å². The average molecular weight is 406 g/mol. The molecule has 2 aromatic rings. The Morgan fingerprint density at radius 1 is 1.14 bits per heavy atom. The van der Waals surface area contributed by atoms with Crippen LogP contribution < -0.4 is 15.5 Å². The van der Waals surface area contributed by atoms with E-state index < -0.39 is 17.5 Å². The summed E-state index contributed by atoms with van der Waals surface area (Å²) < 4.78 is 26.1. The zero-order valence-corrected chi connectivity index (χ0v) is 16.1. The number of quaternary nitrogens is 1. The lowest BCUT2D eigenvalue weighted by Crippen LogP contribution is -3.14. The first-order chi connectivity index (χ1) is 13.5. The third-order valence-electron chi connectivity index (χ3n) is 5.36. The highest BCUT2D eigenvalue weighted by Gasteiger charge is 2.43. The molecule has 0 spiro atoms. The molecular weight excluding hydrogens is 384 g/mol. The van der Waals surface area contributed by atoms with Crippen LogP contribution in [0, 0.1) is 17.6 Å². The van der Waals surface area contributed by atoms with Crippen LogP contribution in [0.15, 0.2) is 29.6 Å². The first-order valence-electron chi connectivity index (χ1n) is 9.43. The number of hydrogen-bond acceptors (Lipinski definition) is 3. The normalized spacial score (nSPS) is 21.1. The van der Waals surface area contributed by atoms with Crippen LogP contribution in [0.4, 0.5) is 14.5 Å². The fourth-order valence-corrected chi connectivity index (χ4v) is 4.85. The van der Waals surface area contributed by atoms with Gasteiger partial charge in [0.25, 0.3) is 5.91 Å². The van der Waals surface area contributed by atoms with Crippen molar-refractivity contribution >= 4 is 28.8 Å². The molecule has 0 bridgehead atoms. The molecule has 148 valence electrons. The standard InChI is InChI=1S/C20H21F2N3O2S/c21-15-4-3-13(9-16(15)22)24-18(26)10-23-19(27)11-25-7-5-17-14(6-8-28-17)20(25)12-1-2-12/h3-4,6,8-9,12,20H,1-2,5,7,10-11H2,(H,23,27)(H,24,26)/p+1/t20-/m1/s1. The van der Waals surface area contributed by atoms with Crippen LogP contribution in [0.25, 0.3) is 0 Å². The second-order valence-electron chi connectivity index (χ2n) is 7.40. The zero-order valence-electron chi connectivity index (χ0n) is 15.3. The Hall–Kier alpha value is -2.32. The Morgan fingerprint density at radius 2 is 1.96 bits per heavy atom. The topological polar surface area (TPSA) is 62.6 Å². The van der Waals surface area contributed by atoms with Gasteiger partial charge in [-0.3, -0.25) is 9.59 Å². The molecule has 1 fully saturated rings. The number of thiophene rings is 1. The van der Waals surface area contributed by atoms with Crippen molar-refractivity contribution < 1.29 is 23.3 Å². The highest BCUT2D eigenvalue weighted by molar-refractivity contribution is 7.10. The van der Waals surface area contributed by atoms with E-state index >= 15 is 0 Å². The number of carbonyl (C=O) groups is 2. The molecule has 2 heterocycles. The minimum absolute atomic E-state index is 0.151. The lowest BCUT2D eigenvalue weighted by molar-refractivity contribution is -0.928. The van der Waals surface area contributed by atoms with Crippen LogP contribution in [0.1, 0.15) is 29.3 Å². The lowest BCUT2D eigenvalue weighted by atomic mass is 9.96. The van der Waals surface area contributed by atoms with Gasteiger partial charge in [-0.2, -0.15) is 0 Å². The molecule has 1 aromatic heterocycles. The number of halogens is 2. The van der Waals surface area contributed by atoms with Crippen molar-refractivity contribution in [2.45, 2.75) is 25.3 Å². The van der Waals surface area contributed by atoms with Crippen molar-refractivity contribution in [1.82, 2.24) is 5.32 Å². The number of anilines is 1. The van der Waals surface area contributed by atoms with Gasteiger partial charge in [-0.15, -0.1) is 11.3 Å². The summed E-state index contributed by atoms with van der Waals surface area (Å²) in [5, 5.41) is 7.22. The molecule has 1 aliphatic heterocycles. The van der Waals surface area contributed by atoms with Gasteiger partial charge >= 0.3 is 0 Å². The molecule has 8 heteroatoms. The van der Waals surface area contributed by atoms with Gasteiger partial charge in [0.1, 0.15) is 6.04 Å². The number of fused-ring (bicyclic) bond motifs is 1. The van der Waals surface area contributed by atoms with Crippen LogP contribution in [-0.4, -0.2) is 31.4 Å². The van der Waals surface area contributed by atoms with Crippen LogP contribution in [-0.2, 0) is 16.0 Å². The third kappa shape index (κ3) is 4.23. The minimum Gasteiger partial charge on any atom is -0.342 e. The first-order valence-corrected chi connectivity index (χ1v) is 10.3. The number of nitrogens with one attached hydrogen (secondary N) is 3. The molecule has 0 radical (unpaired) electrons. The van der Waals surface area contributed by atoms with Crippen molar-refractivity contribution in [2.75, 3.05) is 25.0 Å². The molecule has 1 aromatic carbocycles. The Balaban J connectivity index is 1.29. The number of rotatable bonds is 6. The molecule has 1 aliphatic carbocycles. The highest BCUT2D eigenvalue weighted by atomic mass is 32.1. The van der Waals surface area contributed by atoms with E-state index in [1.54, 1.807) is 11.3 Å². The number of amides is 2. The van der Waals surface area contributed by atoms with Crippen molar-refractivity contribution in [3.8, 4) is 0 Å². The zero-order chi connectivity index (χ0) is 19.7.